The van der Waals surface area contributed by atoms with Crippen molar-refractivity contribution < 1.29 is 0 Å². The van der Waals surface area contributed by atoms with Crippen molar-refractivity contribution >= 4 is 11.6 Å². The normalized spacial score (nSPS) is 20.4. The second kappa shape index (κ2) is 7.15. The van der Waals surface area contributed by atoms with Gasteiger partial charge >= 0.3 is 0 Å². The quantitative estimate of drug-likeness (QED) is 0.769. The molecule has 0 aromatic heterocycles. The fourth-order valence-electron chi connectivity index (χ4n) is 3.55. The molecule has 0 aliphatic heterocycles. The largest absolute Gasteiger partial charge is 0.314 e. The predicted molar refractivity (Wildman–Crippen MR) is 93.1 cm³/mol. The second-order valence-corrected chi connectivity index (χ2v) is 7.87. The van der Waals surface area contributed by atoms with E-state index < -0.39 is 0 Å². The highest BCUT2D eigenvalue weighted by molar-refractivity contribution is 6.31. The highest BCUT2D eigenvalue weighted by Crippen LogP contribution is 2.40. The van der Waals surface area contributed by atoms with Crippen molar-refractivity contribution in [1.29, 1.82) is 0 Å². The maximum absolute atomic E-state index is 6.43. The third-order valence-corrected chi connectivity index (χ3v) is 5.42. The number of benzene rings is 1. The molecule has 1 aliphatic rings. The van der Waals surface area contributed by atoms with Crippen molar-refractivity contribution in [3.05, 3.63) is 34.3 Å². The SMILES string of the molecule is CCNC(Cc1ccc(C)cc1Cl)C1CCC(C)(C)CC1. The second-order valence-electron chi connectivity index (χ2n) is 7.46. The van der Waals surface area contributed by atoms with Crippen LogP contribution in [-0.4, -0.2) is 12.6 Å². The van der Waals surface area contributed by atoms with E-state index in [-0.39, 0.29) is 0 Å². The lowest BCUT2D eigenvalue weighted by molar-refractivity contribution is 0.161. The molecule has 21 heavy (non-hydrogen) atoms. The molecule has 0 bridgehead atoms. The summed E-state index contributed by atoms with van der Waals surface area (Å²) in [6.45, 7) is 10.1. The molecule has 0 radical (unpaired) electrons. The Labute approximate surface area is 135 Å². The van der Waals surface area contributed by atoms with Gasteiger partial charge in [-0.2, -0.15) is 0 Å². The van der Waals surface area contributed by atoms with Crippen molar-refractivity contribution in [2.45, 2.75) is 65.8 Å². The summed E-state index contributed by atoms with van der Waals surface area (Å²) in [7, 11) is 0. The van der Waals surface area contributed by atoms with Crippen LogP contribution in [0.15, 0.2) is 18.2 Å². The summed E-state index contributed by atoms with van der Waals surface area (Å²) in [6.07, 6.45) is 6.43. The molecule has 0 spiro atoms. The van der Waals surface area contributed by atoms with Gasteiger partial charge in [0.1, 0.15) is 0 Å². The lowest BCUT2D eigenvalue weighted by atomic mass is 9.70. The third-order valence-electron chi connectivity index (χ3n) is 5.07. The minimum atomic E-state index is 0.536. The third kappa shape index (κ3) is 4.72. The number of likely N-dealkylation sites (N-methyl/N-ethyl adjacent to an activating group) is 1. The molecule has 1 fully saturated rings. The molecule has 118 valence electrons. The van der Waals surface area contributed by atoms with E-state index in [4.69, 9.17) is 11.6 Å². The number of halogens is 1. The molecule has 0 saturated heterocycles. The average molecular weight is 308 g/mol. The number of hydrogen-bond donors (Lipinski definition) is 1. The maximum atomic E-state index is 6.43. The fraction of sp³-hybridized carbons (Fsp3) is 0.684. The fourth-order valence-corrected chi connectivity index (χ4v) is 3.86. The van der Waals surface area contributed by atoms with Crippen LogP contribution in [0.5, 0.6) is 0 Å². The van der Waals surface area contributed by atoms with Gasteiger partial charge in [-0.25, -0.2) is 0 Å². The summed E-state index contributed by atoms with van der Waals surface area (Å²) >= 11 is 6.43. The molecule has 1 unspecified atom stereocenters. The van der Waals surface area contributed by atoms with E-state index in [0.29, 0.717) is 11.5 Å². The lowest BCUT2D eigenvalue weighted by Gasteiger charge is -2.38. The molecule has 2 heteroatoms. The average Bonchev–Trinajstić information content (AvgIpc) is 2.41. The summed E-state index contributed by atoms with van der Waals surface area (Å²) in [5, 5.41) is 4.64. The molecule has 1 aromatic rings. The predicted octanol–water partition coefficient (Wildman–Crippen LogP) is 5.39. The minimum absolute atomic E-state index is 0.536. The summed E-state index contributed by atoms with van der Waals surface area (Å²) < 4.78 is 0. The van der Waals surface area contributed by atoms with E-state index in [1.165, 1.54) is 36.8 Å². The first-order chi connectivity index (χ1) is 9.91. The van der Waals surface area contributed by atoms with Crippen LogP contribution in [0.1, 0.15) is 57.6 Å². The first kappa shape index (κ1) is 16.8. The highest BCUT2D eigenvalue weighted by Gasteiger charge is 2.31. The van der Waals surface area contributed by atoms with E-state index in [2.05, 4.69) is 51.2 Å². The van der Waals surface area contributed by atoms with Gasteiger partial charge in [0.15, 0.2) is 0 Å². The maximum Gasteiger partial charge on any atom is 0.0441 e. The topological polar surface area (TPSA) is 12.0 Å². The first-order valence-electron chi connectivity index (χ1n) is 8.40. The highest BCUT2D eigenvalue weighted by atomic mass is 35.5. The van der Waals surface area contributed by atoms with Crippen LogP contribution in [-0.2, 0) is 6.42 Å². The monoisotopic (exact) mass is 307 g/mol. The van der Waals surface area contributed by atoms with Gasteiger partial charge in [-0.15, -0.1) is 0 Å². The first-order valence-corrected chi connectivity index (χ1v) is 8.77. The molecular formula is C19H30ClN. The molecule has 0 heterocycles. The zero-order valence-corrected chi connectivity index (χ0v) is 14.8. The van der Waals surface area contributed by atoms with Gasteiger partial charge in [-0.1, -0.05) is 44.5 Å². The molecule has 1 nitrogen and oxygen atoms in total. The van der Waals surface area contributed by atoms with Crippen LogP contribution in [0.3, 0.4) is 0 Å². The Morgan fingerprint density at radius 1 is 1.29 bits per heavy atom. The smallest absolute Gasteiger partial charge is 0.0441 e. The van der Waals surface area contributed by atoms with Crippen LogP contribution in [0.2, 0.25) is 5.02 Å². The Morgan fingerprint density at radius 2 is 1.95 bits per heavy atom. The summed E-state index contributed by atoms with van der Waals surface area (Å²) in [4.78, 5) is 0. The van der Waals surface area contributed by atoms with Crippen molar-refractivity contribution in [3.63, 3.8) is 0 Å². The number of hydrogen-bond acceptors (Lipinski definition) is 1. The summed E-state index contributed by atoms with van der Waals surface area (Å²) in [5.74, 6) is 0.787. The van der Waals surface area contributed by atoms with Crippen LogP contribution < -0.4 is 5.32 Å². The van der Waals surface area contributed by atoms with E-state index in [1.807, 2.05) is 0 Å². The van der Waals surface area contributed by atoms with E-state index >= 15 is 0 Å². The Balaban J connectivity index is 2.05. The standard InChI is InChI=1S/C19H30ClN/c1-5-21-18(15-8-10-19(3,4)11-9-15)13-16-7-6-14(2)12-17(16)20/h6-7,12,15,18,21H,5,8-11,13H2,1-4H3. The van der Waals surface area contributed by atoms with Crippen molar-refractivity contribution in [1.82, 2.24) is 5.32 Å². The van der Waals surface area contributed by atoms with Gasteiger partial charge in [0, 0.05) is 11.1 Å². The van der Waals surface area contributed by atoms with Crippen molar-refractivity contribution in [2.24, 2.45) is 11.3 Å². The molecule has 1 atom stereocenters. The Kier molecular flexibility index (Phi) is 5.73. The van der Waals surface area contributed by atoms with Gasteiger partial charge in [0.2, 0.25) is 0 Å². The molecule has 1 aliphatic carbocycles. The Bertz CT molecular complexity index is 457. The van der Waals surface area contributed by atoms with Gasteiger partial charge < -0.3 is 5.32 Å². The Morgan fingerprint density at radius 3 is 2.52 bits per heavy atom. The lowest BCUT2D eigenvalue weighted by Crippen LogP contribution is -2.40. The van der Waals surface area contributed by atoms with Crippen molar-refractivity contribution in [2.75, 3.05) is 6.54 Å². The van der Waals surface area contributed by atoms with Crippen LogP contribution >= 0.6 is 11.6 Å². The molecule has 1 aromatic carbocycles. The van der Waals surface area contributed by atoms with E-state index in [1.54, 1.807) is 0 Å². The van der Waals surface area contributed by atoms with Crippen LogP contribution in [0.25, 0.3) is 0 Å². The zero-order chi connectivity index (χ0) is 15.5. The zero-order valence-electron chi connectivity index (χ0n) is 14.0. The van der Waals surface area contributed by atoms with Crippen molar-refractivity contribution in [3.8, 4) is 0 Å². The molecule has 0 amide bonds. The molecule has 1 saturated carbocycles. The molecule has 1 N–H and O–H groups in total. The number of aryl methyl sites for hydroxylation is 1. The van der Waals surface area contributed by atoms with Gasteiger partial charge in [-0.3, -0.25) is 0 Å². The minimum Gasteiger partial charge on any atom is -0.314 e. The van der Waals surface area contributed by atoms with Gasteiger partial charge in [0.05, 0.1) is 0 Å². The van der Waals surface area contributed by atoms with Gasteiger partial charge in [-0.05, 0) is 74.1 Å². The van der Waals surface area contributed by atoms with Crippen LogP contribution in [0.4, 0.5) is 0 Å². The Hall–Kier alpha value is -0.530. The molecule has 2 rings (SSSR count). The summed E-state index contributed by atoms with van der Waals surface area (Å²) in [6, 6.07) is 7.03. The molecular weight excluding hydrogens is 278 g/mol. The van der Waals surface area contributed by atoms with Crippen LogP contribution in [0, 0.1) is 18.3 Å². The number of nitrogens with one attached hydrogen (secondary N) is 1. The van der Waals surface area contributed by atoms with E-state index in [0.717, 1.165) is 23.9 Å². The number of rotatable bonds is 5. The van der Waals surface area contributed by atoms with E-state index in [9.17, 15) is 0 Å². The summed E-state index contributed by atoms with van der Waals surface area (Å²) in [5.41, 5.74) is 3.07. The van der Waals surface area contributed by atoms with Gasteiger partial charge in [0.25, 0.3) is 0 Å².